The number of ether oxygens (including phenoxy) is 3. The highest BCUT2D eigenvalue weighted by Crippen LogP contribution is 2.28. The highest BCUT2D eigenvalue weighted by Gasteiger charge is 2.31. The molecule has 0 bridgehead atoms. The van der Waals surface area contributed by atoms with Gasteiger partial charge >= 0.3 is 6.36 Å². The third-order valence-electron chi connectivity index (χ3n) is 4.02. The summed E-state index contributed by atoms with van der Waals surface area (Å²) in [6.07, 6.45) is -4.11. The van der Waals surface area contributed by atoms with Gasteiger partial charge in [0.15, 0.2) is 0 Å². The summed E-state index contributed by atoms with van der Waals surface area (Å²) in [5.41, 5.74) is 2.31. The van der Waals surface area contributed by atoms with E-state index in [2.05, 4.69) is 9.72 Å². The molecule has 0 saturated carbocycles. The zero-order valence-electron chi connectivity index (χ0n) is 16.1. The van der Waals surface area contributed by atoms with Crippen molar-refractivity contribution in [1.82, 2.24) is 4.98 Å². The minimum Gasteiger partial charge on any atom is -0.493 e. The summed E-state index contributed by atoms with van der Waals surface area (Å²) in [5, 5.41) is 11.5. The number of benzene rings is 2. The second-order valence-electron chi connectivity index (χ2n) is 6.30. The van der Waals surface area contributed by atoms with Gasteiger partial charge in [-0.05, 0) is 55.0 Å². The molecule has 0 atom stereocenters. The number of aliphatic hydroxyl groups excluding tert-OH is 1. The lowest BCUT2D eigenvalue weighted by Crippen LogP contribution is -2.16. The molecule has 1 heterocycles. The van der Waals surface area contributed by atoms with Gasteiger partial charge in [0.2, 0.25) is 0 Å². The van der Waals surface area contributed by atoms with Crippen LogP contribution in [0.2, 0.25) is 0 Å². The highest BCUT2D eigenvalue weighted by molar-refractivity contribution is 7.09. The molecule has 0 aliphatic heterocycles. The van der Waals surface area contributed by atoms with Gasteiger partial charge in [-0.3, -0.25) is 0 Å². The average Bonchev–Trinajstić information content (AvgIpc) is 3.16. The Morgan fingerprint density at radius 3 is 2.40 bits per heavy atom. The third kappa shape index (κ3) is 6.36. The summed E-state index contributed by atoms with van der Waals surface area (Å²) in [6.45, 7) is 2.53. The summed E-state index contributed by atoms with van der Waals surface area (Å²) in [4.78, 5) is 4.51. The summed E-state index contributed by atoms with van der Waals surface area (Å²) in [5.74, 6) is 1.15. The molecule has 3 aromatic rings. The number of aliphatic hydroxyl groups is 1. The Bertz CT molecular complexity index is 958. The van der Waals surface area contributed by atoms with Crippen molar-refractivity contribution in [2.24, 2.45) is 0 Å². The van der Waals surface area contributed by atoms with Crippen LogP contribution in [0, 0.1) is 6.92 Å². The van der Waals surface area contributed by atoms with Crippen molar-refractivity contribution >= 4 is 11.3 Å². The second-order valence-corrected chi connectivity index (χ2v) is 7.24. The van der Waals surface area contributed by atoms with Gasteiger partial charge in [-0.15, -0.1) is 24.5 Å². The van der Waals surface area contributed by atoms with E-state index in [1.165, 1.54) is 23.5 Å². The molecule has 0 amide bonds. The van der Waals surface area contributed by atoms with Crippen molar-refractivity contribution in [3.63, 3.8) is 0 Å². The zero-order chi connectivity index (χ0) is 21.6. The van der Waals surface area contributed by atoms with Crippen LogP contribution < -0.4 is 14.2 Å². The first-order valence-electron chi connectivity index (χ1n) is 9.12. The molecule has 0 aliphatic carbocycles. The summed E-state index contributed by atoms with van der Waals surface area (Å²) in [7, 11) is 0. The van der Waals surface area contributed by atoms with Crippen LogP contribution in [0.15, 0.2) is 47.8 Å². The Balaban J connectivity index is 1.53. The summed E-state index contributed by atoms with van der Waals surface area (Å²) >= 11 is 1.46. The standard InChI is InChI=1S/C21H20F3NO4S/c1-14-12-17(6-7-19(14)28-11-9-26)27-10-8-20-25-18(13-30-20)15-2-4-16(5-3-15)29-21(22,23)24/h2-7,12-13,26H,8-11H2,1H3. The van der Waals surface area contributed by atoms with Crippen molar-refractivity contribution < 1.29 is 32.5 Å². The molecule has 0 saturated heterocycles. The number of thiazole rings is 1. The monoisotopic (exact) mass is 439 g/mol. The van der Waals surface area contributed by atoms with Crippen molar-refractivity contribution in [3.8, 4) is 28.5 Å². The van der Waals surface area contributed by atoms with Crippen molar-refractivity contribution in [3.05, 3.63) is 58.4 Å². The molecule has 0 spiro atoms. The zero-order valence-corrected chi connectivity index (χ0v) is 16.9. The van der Waals surface area contributed by atoms with E-state index in [0.29, 0.717) is 35.8 Å². The normalized spacial score (nSPS) is 11.4. The molecule has 0 aliphatic rings. The Morgan fingerprint density at radius 1 is 1.00 bits per heavy atom. The third-order valence-corrected chi connectivity index (χ3v) is 4.92. The largest absolute Gasteiger partial charge is 0.573 e. The molecule has 0 radical (unpaired) electrons. The van der Waals surface area contributed by atoms with Crippen molar-refractivity contribution in [2.75, 3.05) is 19.8 Å². The number of aromatic nitrogens is 1. The van der Waals surface area contributed by atoms with E-state index in [9.17, 15) is 13.2 Å². The van der Waals surface area contributed by atoms with Gasteiger partial charge in [0.25, 0.3) is 0 Å². The fourth-order valence-electron chi connectivity index (χ4n) is 2.67. The van der Waals surface area contributed by atoms with Gasteiger partial charge in [-0.1, -0.05) is 0 Å². The number of rotatable bonds is 9. The minimum atomic E-state index is -4.71. The Labute approximate surface area is 175 Å². The smallest absolute Gasteiger partial charge is 0.493 e. The molecule has 5 nitrogen and oxygen atoms in total. The molecule has 30 heavy (non-hydrogen) atoms. The fraction of sp³-hybridized carbons (Fsp3) is 0.286. The predicted molar refractivity (Wildman–Crippen MR) is 107 cm³/mol. The molecule has 9 heteroatoms. The van der Waals surface area contributed by atoms with Gasteiger partial charge in [0.05, 0.1) is 23.9 Å². The molecule has 160 valence electrons. The van der Waals surface area contributed by atoms with E-state index in [1.54, 1.807) is 24.3 Å². The molecular weight excluding hydrogens is 419 g/mol. The maximum absolute atomic E-state index is 12.2. The SMILES string of the molecule is Cc1cc(OCCc2nc(-c3ccc(OC(F)(F)F)cc3)cs2)ccc1OCCO. The number of aryl methyl sites for hydroxylation is 1. The quantitative estimate of drug-likeness (QED) is 0.508. The van der Waals surface area contributed by atoms with Gasteiger partial charge < -0.3 is 19.3 Å². The highest BCUT2D eigenvalue weighted by atomic mass is 32.1. The van der Waals surface area contributed by atoms with Crippen LogP contribution in [0.5, 0.6) is 17.2 Å². The topological polar surface area (TPSA) is 60.8 Å². The summed E-state index contributed by atoms with van der Waals surface area (Å²) < 4.78 is 51.8. The predicted octanol–water partition coefficient (Wildman–Crippen LogP) is 5.01. The summed E-state index contributed by atoms with van der Waals surface area (Å²) in [6, 6.07) is 11.1. The second kappa shape index (κ2) is 9.82. The molecule has 0 fully saturated rings. The lowest BCUT2D eigenvalue weighted by molar-refractivity contribution is -0.274. The molecule has 0 unspecified atom stereocenters. The first-order valence-corrected chi connectivity index (χ1v) is 10.00. The Morgan fingerprint density at radius 2 is 1.73 bits per heavy atom. The van der Waals surface area contributed by atoms with Crippen LogP contribution in [-0.2, 0) is 6.42 Å². The van der Waals surface area contributed by atoms with Crippen LogP contribution in [0.25, 0.3) is 11.3 Å². The molecule has 1 aromatic heterocycles. The van der Waals surface area contributed by atoms with E-state index in [0.717, 1.165) is 10.6 Å². The molecule has 2 aromatic carbocycles. The van der Waals surface area contributed by atoms with Crippen molar-refractivity contribution in [1.29, 1.82) is 0 Å². The number of nitrogens with zero attached hydrogens (tertiary/aromatic N) is 1. The van der Waals surface area contributed by atoms with E-state index in [4.69, 9.17) is 14.6 Å². The maximum Gasteiger partial charge on any atom is 0.573 e. The van der Waals surface area contributed by atoms with Gasteiger partial charge in [0.1, 0.15) is 23.9 Å². The van der Waals surface area contributed by atoms with Gasteiger partial charge in [0, 0.05) is 17.4 Å². The van der Waals surface area contributed by atoms with Crippen LogP contribution >= 0.6 is 11.3 Å². The van der Waals surface area contributed by atoms with E-state index in [1.807, 2.05) is 18.4 Å². The lowest BCUT2D eigenvalue weighted by Gasteiger charge is -2.10. The Hall–Kier alpha value is -2.78. The lowest BCUT2D eigenvalue weighted by atomic mass is 10.2. The van der Waals surface area contributed by atoms with Crippen LogP contribution in [0.3, 0.4) is 0 Å². The fourth-order valence-corrected chi connectivity index (χ4v) is 3.46. The van der Waals surface area contributed by atoms with E-state index >= 15 is 0 Å². The van der Waals surface area contributed by atoms with Crippen LogP contribution in [0.1, 0.15) is 10.6 Å². The van der Waals surface area contributed by atoms with Crippen LogP contribution in [-0.4, -0.2) is 36.3 Å². The number of hydrogen-bond donors (Lipinski definition) is 1. The average molecular weight is 439 g/mol. The van der Waals surface area contributed by atoms with Crippen LogP contribution in [0.4, 0.5) is 13.2 Å². The maximum atomic E-state index is 12.2. The minimum absolute atomic E-state index is 0.0427. The molecule has 3 rings (SSSR count). The van der Waals surface area contributed by atoms with E-state index < -0.39 is 6.36 Å². The van der Waals surface area contributed by atoms with Crippen molar-refractivity contribution in [2.45, 2.75) is 19.7 Å². The van der Waals surface area contributed by atoms with Gasteiger partial charge in [-0.25, -0.2) is 4.98 Å². The number of alkyl halides is 3. The first kappa shape index (κ1) is 21.9. The number of hydrogen-bond acceptors (Lipinski definition) is 6. The number of halogens is 3. The van der Waals surface area contributed by atoms with E-state index in [-0.39, 0.29) is 19.0 Å². The first-order chi connectivity index (χ1) is 14.3. The Kier molecular flexibility index (Phi) is 7.17. The van der Waals surface area contributed by atoms with Gasteiger partial charge in [-0.2, -0.15) is 0 Å². The molecular formula is C21H20F3NO4S. The molecule has 1 N–H and O–H groups in total.